The molecule has 73 heavy (non-hydrogen) atoms. The molecule has 0 atom stereocenters. The predicted molar refractivity (Wildman–Crippen MR) is 300 cm³/mol. The fourth-order valence-electron chi connectivity index (χ4n) is 13.6. The first-order chi connectivity index (χ1) is 36.0. The molecule has 3 nitrogen and oxygen atoms in total. The normalized spacial score (nSPS) is 14.1. The predicted octanol–water partition coefficient (Wildman–Crippen LogP) is 18.9. The zero-order valence-corrected chi connectivity index (χ0v) is 40.3. The minimum absolute atomic E-state index is 0.181. The Morgan fingerprint density at radius 1 is 0.329 bits per heavy atom. The topological polar surface area (TPSA) is 29.5 Å². The van der Waals surface area contributed by atoms with E-state index in [4.69, 9.17) is 8.83 Å². The molecule has 342 valence electrons. The molecule has 16 rings (SSSR count). The zero-order chi connectivity index (χ0) is 48.2. The summed E-state index contributed by atoms with van der Waals surface area (Å²) in [4.78, 5) is 2.49. The standard InChI is InChI=1S/C70H45NO2/c1-69(2)54-27-12-6-22-46(54)50-37-35-43(39-58(50)69)65-67-52-26-11-17-33-62(52)72-64(67)41-53-66-61(32-18-34-63(66)73-68(53)65)71(60-31-16-10-21-45(60)42-19-4-3-5-20-42)44-36-38-51-49-25-9-15-30-57(49)70(59(51)40-44)55-28-13-7-23-47(55)48-24-8-14-29-56(48)70/h3-41H,1-2H3. The van der Waals surface area contributed by atoms with Gasteiger partial charge >= 0.3 is 0 Å². The van der Waals surface area contributed by atoms with Gasteiger partial charge in [-0.3, -0.25) is 0 Å². The molecule has 0 aliphatic heterocycles. The van der Waals surface area contributed by atoms with Crippen LogP contribution in [-0.2, 0) is 10.8 Å². The van der Waals surface area contributed by atoms with Crippen molar-refractivity contribution in [1.29, 1.82) is 0 Å². The first kappa shape index (κ1) is 40.5. The summed E-state index contributed by atoms with van der Waals surface area (Å²) in [6.45, 7) is 4.70. The van der Waals surface area contributed by atoms with Gasteiger partial charge in [-0.15, -0.1) is 0 Å². The van der Waals surface area contributed by atoms with Gasteiger partial charge < -0.3 is 13.7 Å². The lowest BCUT2D eigenvalue weighted by Crippen LogP contribution is -2.26. The molecule has 0 bridgehead atoms. The molecule has 1 spiro atoms. The molecule has 3 aliphatic rings. The molecule has 0 radical (unpaired) electrons. The van der Waals surface area contributed by atoms with Crippen molar-refractivity contribution in [2.75, 3.05) is 4.90 Å². The van der Waals surface area contributed by atoms with Gasteiger partial charge in [-0.1, -0.05) is 202 Å². The largest absolute Gasteiger partial charge is 0.456 e. The Hall–Kier alpha value is -9.18. The first-order valence-corrected chi connectivity index (χ1v) is 25.4. The summed E-state index contributed by atoms with van der Waals surface area (Å²) in [5.41, 5.74) is 25.8. The van der Waals surface area contributed by atoms with Gasteiger partial charge in [0.15, 0.2) is 0 Å². The second-order valence-electron chi connectivity index (χ2n) is 20.6. The van der Waals surface area contributed by atoms with Crippen molar-refractivity contribution in [2.45, 2.75) is 24.7 Å². The molecule has 0 saturated heterocycles. The van der Waals surface area contributed by atoms with Crippen molar-refractivity contribution in [3.05, 3.63) is 270 Å². The van der Waals surface area contributed by atoms with Crippen LogP contribution in [0.25, 0.3) is 99.5 Å². The van der Waals surface area contributed by atoms with Crippen LogP contribution < -0.4 is 4.90 Å². The number of benzene rings is 11. The fraction of sp³-hybridized carbons (Fsp3) is 0.0571. The van der Waals surface area contributed by atoms with E-state index in [1.807, 2.05) is 0 Å². The maximum Gasteiger partial charge on any atom is 0.144 e. The maximum atomic E-state index is 7.38. The van der Waals surface area contributed by atoms with Crippen LogP contribution in [0.15, 0.2) is 245 Å². The number of hydrogen-bond donors (Lipinski definition) is 0. The lowest BCUT2D eigenvalue weighted by Gasteiger charge is -2.33. The van der Waals surface area contributed by atoms with E-state index in [1.54, 1.807) is 0 Å². The molecule has 0 N–H and O–H groups in total. The van der Waals surface area contributed by atoms with E-state index in [2.05, 4.69) is 255 Å². The van der Waals surface area contributed by atoms with Crippen molar-refractivity contribution >= 4 is 60.9 Å². The minimum atomic E-state index is -0.512. The summed E-state index contributed by atoms with van der Waals surface area (Å²) >= 11 is 0. The molecule has 2 heterocycles. The van der Waals surface area contributed by atoms with Gasteiger partial charge in [-0.2, -0.15) is 0 Å². The van der Waals surface area contributed by atoms with Crippen LogP contribution in [0.2, 0.25) is 0 Å². The lowest BCUT2D eigenvalue weighted by atomic mass is 9.70. The van der Waals surface area contributed by atoms with Gasteiger partial charge in [0.25, 0.3) is 0 Å². The smallest absolute Gasteiger partial charge is 0.144 e. The molecule has 3 aliphatic carbocycles. The van der Waals surface area contributed by atoms with Crippen molar-refractivity contribution in [1.82, 2.24) is 0 Å². The third-order valence-corrected chi connectivity index (χ3v) is 16.7. The molecule has 0 unspecified atom stereocenters. The van der Waals surface area contributed by atoms with Crippen LogP contribution in [0, 0.1) is 0 Å². The number of anilines is 3. The highest BCUT2D eigenvalue weighted by atomic mass is 16.3. The summed E-state index contributed by atoms with van der Waals surface area (Å²) in [6.07, 6.45) is 0. The highest BCUT2D eigenvalue weighted by Gasteiger charge is 2.51. The molecule has 0 saturated carbocycles. The van der Waals surface area contributed by atoms with Crippen LogP contribution >= 0.6 is 0 Å². The summed E-state index contributed by atoms with van der Waals surface area (Å²) in [5, 5.41) is 4.15. The Balaban J connectivity index is 0.998. The van der Waals surface area contributed by atoms with E-state index in [1.165, 1.54) is 66.8 Å². The second kappa shape index (κ2) is 14.7. The van der Waals surface area contributed by atoms with Crippen LogP contribution in [0.5, 0.6) is 0 Å². The SMILES string of the molecule is CC1(C)c2ccccc2-c2ccc(-c3c4oc5cccc(N(c6ccc7c(c6)C6(c8ccccc8-c8ccccc86)c6ccccc6-7)c6ccccc6-c6ccccc6)c5c4cc4oc5ccccc5c34)cc21. The molecule has 3 heteroatoms. The summed E-state index contributed by atoms with van der Waals surface area (Å²) in [6, 6.07) is 87.1. The quantitative estimate of drug-likeness (QED) is 0.172. The Kier molecular flexibility index (Phi) is 8.16. The van der Waals surface area contributed by atoms with Crippen LogP contribution in [-0.4, -0.2) is 0 Å². The molecule has 0 fully saturated rings. The Labute approximate surface area is 422 Å². The number of nitrogens with zero attached hydrogens (tertiary/aromatic N) is 1. The van der Waals surface area contributed by atoms with E-state index in [0.29, 0.717) is 0 Å². The summed E-state index contributed by atoms with van der Waals surface area (Å²) in [5.74, 6) is 0. The van der Waals surface area contributed by atoms with E-state index < -0.39 is 5.41 Å². The van der Waals surface area contributed by atoms with Crippen molar-refractivity contribution < 1.29 is 8.83 Å². The minimum Gasteiger partial charge on any atom is -0.456 e. The van der Waals surface area contributed by atoms with Crippen LogP contribution in [0.1, 0.15) is 47.2 Å². The Bertz CT molecular complexity index is 4430. The fourth-order valence-corrected chi connectivity index (χ4v) is 13.6. The number of furan rings is 2. The highest BCUT2D eigenvalue weighted by Crippen LogP contribution is 2.64. The molecular weight excluding hydrogens is 887 g/mol. The van der Waals surface area contributed by atoms with E-state index in [9.17, 15) is 0 Å². The number of rotatable bonds is 5. The van der Waals surface area contributed by atoms with Gasteiger partial charge in [0.1, 0.15) is 22.3 Å². The van der Waals surface area contributed by atoms with E-state index >= 15 is 0 Å². The summed E-state index contributed by atoms with van der Waals surface area (Å²) in [7, 11) is 0. The highest BCUT2D eigenvalue weighted by molar-refractivity contribution is 6.26. The van der Waals surface area contributed by atoms with Crippen molar-refractivity contribution in [2.24, 2.45) is 0 Å². The molecule has 2 aromatic heterocycles. The maximum absolute atomic E-state index is 7.38. The Morgan fingerprint density at radius 2 is 0.877 bits per heavy atom. The number of fused-ring (bicyclic) bond motifs is 19. The number of hydrogen-bond acceptors (Lipinski definition) is 3. The molecule has 11 aromatic carbocycles. The average molecular weight is 932 g/mol. The third-order valence-electron chi connectivity index (χ3n) is 16.7. The second-order valence-corrected chi connectivity index (χ2v) is 20.6. The van der Waals surface area contributed by atoms with Crippen molar-refractivity contribution in [3.63, 3.8) is 0 Å². The van der Waals surface area contributed by atoms with Gasteiger partial charge in [0.2, 0.25) is 0 Å². The average Bonchev–Trinajstić information content (AvgIpc) is 4.23. The Morgan fingerprint density at radius 3 is 1.60 bits per heavy atom. The van der Waals surface area contributed by atoms with Crippen LogP contribution in [0.4, 0.5) is 17.1 Å². The monoisotopic (exact) mass is 931 g/mol. The number of para-hydroxylation sites is 2. The molecule has 0 amide bonds. The van der Waals surface area contributed by atoms with Gasteiger partial charge in [-0.05, 0) is 126 Å². The molecule has 13 aromatic rings. The van der Waals surface area contributed by atoms with Gasteiger partial charge in [0, 0.05) is 38.4 Å². The summed E-state index contributed by atoms with van der Waals surface area (Å²) < 4.78 is 14.3. The van der Waals surface area contributed by atoms with E-state index in [0.717, 1.165) is 83.2 Å². The third kappa shape index (κ3) is 5.33. The van der Waals surface area contributed by atoms with Crippen molar-refractivity contribution in [3.8, 4) is 55.6 Å². The first-order valence-electron chi connectivity index (χ1n) is 25.4. The van der Waals surface area contributed by atoms with Gasteiger partial charge in [0.05, 0.1) is 22.2 Å². The molecular formula is C70H45NO2. The van der Waals surface area contributed by atoms with E-state index in [-0.39, 0.29) is 5.41 Å². The van der Waals surface area contributed by atoms with Crippen LogP contribution in [0.3, 0.4) is 0 Å². The zero-order valence-electron chi connectivity index (χ0n) is 40.3. The van der Waals surface area contributed by atoms with Gasteiger partial charge in [-0.25, -0.2) is 0 Å². The lowest BCUT2D eigenvalue weighted by molar-refractivity contribution is 0.660.